The van der Waals surface area contributed by atoms with Gasteiger partial charge in [0.15, 0.2) is 0 Å². The van der Waals surface area contributed by atoms with Crippen LogP contribution in [0, 0.1) is 5.82 Å². The number of anilines is 2. The molecule has 0 saturated heterocycles. The van der Waals surface area contributed by atoms with Crippen molar-refractivity contribution in [1.29, 1.82) is 0 Å². The molecule has 1 aromatic carbocycles. The highest BCUT2D eigenvalue weighted by Crippen LogP contribution is 2.32. The highest BCUT2D eigenvalue weighted by molar-refractivity contribution is 5.55. The maximum absolute atomic E-state index is 13.1. The van der Waals surface area contributed by atoms with Gasteiger partial charge in [0.1, 0.15) is 5.82 Å². The van der Waals surface area contributed by atoms with E-state index in [0.29, 0.717) is 6.07 Å². The SMILES string of the molecule is C=Nc1n[nH]c(Nc2cc(F)cc(C(F)(F)F)c2)n1. The van der Waals surface area contributed by atoms with E-state index < -0.39 is 17.6 Å². The lowest BCUT2D eigenvalue weighted by Crippen LogP contribution is -2.06. The Morgan fingerprint density at radius 2 is 2.00 bits per heavy atom. The lowest BCUT2D eigenvalue weighted by atomic mass is 10.2. The van der Waals surface area contributed by atoms with Crippen molar-refractivity contribution in [2.75, 3.05) is 5.32 Å². The Hall–Kier alpha value is -2.45. The van der Waals surface area contributed by atoms with Crippen molar-refractivity contribution in [3.05, 3.63) is 29.6 Å². The fourth-order valence-corrected chi connectivity index (χ4v) is 1.34. The van der Waals surface area contributed by atoms with Crippen LogP contribution in [0.1, 0.15) is 5.56 Å². The van der Waals surface area contributed by atoms with Gasteiger partial charge < -0.3 is 5.32 Å². The summed E-state index contributed by atoms with van der Waals surface area (Å²) >= 11 is 0. The number of aliphatic imine (C=N–C) groups is 1. The summed E-state index contributed by atoms with van der Waals surface area (Å²) in [6.45, 7) is 3.18. The van der Waals surface area contributed by atoms with Crippen molar-refractivity contribution >= 4 is 24.3 Å². The van der Waals surface area contributed by atoms with E-state index in [1.807, 2.05) is 0 Å². The molecule has 9 heteroatoms. The van der Waals surface area contributed by atoms with Crippen LogP contribution in [0.2, 0.25) is 0 Å². The zero-order valence-corrected chi connectivity index (χ0v) is 9.29. The number of H-pyrrole nitrogens is 1. The van der Waals surface area contributed by atoms with Gasteiger partial charge in [0.2, 0.25) is 5.95 Å². The van der Waals surface area contributed by atoms with Crippen molar-refractivity contribution in [2.24, 2.45) is 4.99 Å². The van der Waals surface area contributed by atoms with Crippen LogP contribution in [-0.2, 0) is 6.18 Å². The largest absolute Gasteiger partial charge is 0.416 e. The lowest BCUT2D eigenvalue weighted by molar-refractivity contribution is -0.137. The lowest BCUT2D eigenvalue weighted by Gasteiger charge is -2.09. The van der Waals surface area contributed by atoms with Gasteiger partial charge in [-0.2, -0.15) is 18.2 Å². The molecule has 0 saturated carbocycles. The van der Waals surface area contributed by atoms with Crippen LogP contribution in [0.25, 0.3) is 0 Å². The molecule has 0 spiro atoms. The molecule has 1 heterocycles. The van der Waals surface area contributed by atoms with Gasteiger partial charge in [-0.25, -0.2) is 14.5 Å². The van der Waals surface area contributed by atoms with Gasteiger partial charge >= 0.3 is 6.18 Å². The third-order valence-electron chi connectivity index (χ3n) is 2.10. The summed E-state index contributed by atoms with van der Waals surface area (Å²) < 4.78 is 50.6. The van der Waals surface area contributed by atoms with Crippen molar-refractivity contribution < 1.29 is 17.6 Å². The molecular weight excluding hydrogens is 266 g/mol. The zero-order chi connectivity index (χ0) is 14.0. The number of aromatic amines is 1. The molecule has 2 rings (SSSR count). The molecule has 100 valence electrons. The highest BCUT2D eigenvalue weighted by atomic mass is 19.4. The first-order valence-electron chi connectivity index (χ1n) is 4.92. The predicted octanol–water partition coefficient (Wildman–Crippen LogP) is 3.04. The van der Waals surface area contributed by atoms with Crippen LogP contribution in [0.15, 0.2) is 23.2 Å². The van der Waals surface area contributed by atoms with Gasteiger partial charge in [-0.15, -0.1) is 5.10 Å². The van der Waals surface area contributed by atoms with Crippen LogP contribution in [0.3, 0.4) is 0 Å². The second-order valence-corrected chi connectivity index (χ2v) is 3.49. The van der Waals surface area contributed by atoms with Gasteiger partial charge in [0.05, 0.1) is 5.56 Å². The quantitative estimate of drug-likeness (QED) is 0.667. The van der Waals surface area contributed by atoms with Crippen molar-refractivity contribution in [2.45, 2.75) is 6.18 Å². The summed E-state index contributed by atoms with van der Waals surface area (Å²) in [6, 6.07) is 2.06. The first-order valence-corrected chi connectivity index (χ1v) is 4.92. The predicted molar refractivity (Wildman–Crippen MR) is 60.3 cm³/mol. The zero-order valence-electron chi connectivity index (χ0n) is 9.29. The van der Waals surface area contributed by atoms with Crippen LogP contribution in [-0.4, -0.2) is 21.9 Å². The van der Waals surface area contributed by atoms with E-state index in [-0.39, 0.29) is 17.6 Å². The Kier molecular flexibility index (Phi) is 3.19. The van der Waals surface area contributed by atoms with E-state index in [4.69, 9.17) is 0 Å². The Balaban J connectivity index is 2.30. The average Bonchev–Trinajstić information content (AvgIpc) is 2.75. The Morgan fingerprint density at radius 3 is 2.58 bits per heavy atom. The molecule has 2 N–H and O–H groups in total. The van der Waals surface area contributed by atoms with Crippen LogP contribution in [0.5, 0.6) is 0 Å². The fraction of sp³-hybridized carbons (Fsp3) is 0.100. The number of hydrogen-bond donors (Lipinski definition) is 2. The molecule has 0 bridgehead atoms. The summed E-state index contributed by atoms with van der Waals surface area (Å²) in [5.74, 6) is -0.963. The molecule has 0 aliphatic rings. The summed E-state index contributed by atoms with van der Waals surface area (Å²) in [7, 11) is 0. The van der Waals surface area contributed by atoms with E-state index in [1.165, 1.54) is 0 Å². The fourth-order valence-electron chi connectivity index (χ4n) is 1.34. The molecular formula is C10H7F4N5. The minimum Gasteiger partial charge on any atom is -0.324 e. The summed E-state index contributed by atoms with van der Waals surface area (Å²) in [6.07, 6.45) is -4.63. The van der Waals surface area contributed by atoms with Crippen LogP contribution < -0.4 is 5.32 Å². The summed E-state index contributed by atoms with van der Waals surface area (Å²) in [5.41, 5.74) is -1.21. The maximum atomic E-state index is 13.1. The van der Waals surface area contributed by atoms with E-state index in [1.54, 1.807) is 0 Å². The van der Waals surface area contributed by atoms with E-state index in [2.05, 4.69) is 32.2 Å². The van der Waals surface area contributed by atoms with Crippen LogP contribution in [0.4, 0.5) is 35.1 Å². The number of nitrogens with zero attached hydrogens (tertiary/aromatic N) is 3. The molecule has 0 aliphatic carbocycles. The van der Waals surface area contributed by atoms with Gasteiger partial charge in [0.25, 0.3) is 5.95 Å². The number of rotatable bonds is 3. The number of alkyl halides is 3. The van der Waals surface area contributed by atoms with Crippen molar-refractivity contribution in [1.82, 2.24) is 15.2 Å². The number of halogens is 4. The normalized spacial score (nSPS) is 11.4. The van der Waals surface area contributed by atoms with Gasteiger partial charge in [0, 0.05) is 5.69 Å². The number of hydrogen-bond acceptors (Lipinski definition) is 4. The first-order chi connectivity index (χ1) is 8.88. The van der Waals surface area contributed by atoms with E-state index >= 15 is 0 Å². The smallest absolute Gasteiger partial charge is 0.324 e. The van der Waals surface area contributed by atoms with Crippen LogP contribution >= 0.6 is 0 Å². The van der Waals surface area contributed by atoms with Crippen molar-refractivity contribution in [3.8, 4) is 0 Å². The summed E-state index contributed by atoms with van der Waals surface area (Å²) in [4.78, 5) is 7.14. The Bertz CT molecular complexity index is 604. The molecule has 0 radical (unpaired) electrons. The van der Waals surface area contributed by atoms with E-state index in [0.717, 1.165) is 12.1 Å². The molecule has 0 fully saturated rings. The Labute approximate surface area is 104 Å². The third kappa shape index (κ3) is 3.06. The van der Waals surface area contributed by atoms with Gasteiger partial charge in [-0.3, -0.25) is 0 Å². The minimum atomic E-state index is -4.63. The number of nitrogens with one attached hydrogen (secondary N) is 2. The molecule has 0 unspecified atom stereocenters. The third-order valence-corrected chi connectivity index (χ3v) is 2.10. The molecule has 19 heavy (non-hydrogen) atoms. The highest BCUT2D eigenvalue weighted by Gasteiger charge is 2.31. The molecule has 2 aromatic rings. The Morgan fingerprint density at radius 1 is 1.26 bits per heavy atom. The van der Waals surface area contributed by atoms with Gasteiger partial charge in [-0.1, -0.05) is 0 Å². The maximum Gasteiger partial charge on any atom is 0.416 e. The first kappa shape index (κ1) is 13.0. The van der Waals surface area contributed by atoms with E-state index in [9.17, 15) is 17.6 Å². The molecule has 1 aromatic heterocycles. The van der Waals surface area contributed by atoms with Crippen molar-refractivity contribution in [3.63, 3.8) is 0 Å². The topological polar surface area (TPSA) is 66.0 Å². The number of aromatic nitrogens is 3. The molecule has 5 nitrogen and oxygen atoms in total. The molecule has 0 atom stereocenters. The number of benzene rings is 1. The van der Waals surface area contributed by atoms with Gasteiger partial charge in [-0.05, 0) is 24.9 Å². The second-order valence-electron chi connectivity index (χ2n) is 3.49. The average molecular weight is 273 g/mol. The molecule has 0 amide bonds. The monoisotopic (exact) mass is 273 g/mol. The standard InChI is InChI=1S/C10H7F4N5/c1-15-8-17-9(19-18-8)16-7-3-5(10(12,13)14)2-6(11)4-7/h2-4H,1H2,(H2,16,17,18,19). The molecule has 0 aliphatic heterocycles. The minimum absolute atomic E-state index is 0.0231. The second kappa shape index (κ2) is 4.67. The summed E-state index contributed by atoms with van der Waals surface area (Å²) in [5, 5.41) is 8.41.